The molecule has 1 aromatic rings. The van der Waals surface area contributed by atoms with Gasteiger partial charge in [0.05, 0.1) is 25.3 Å². The number of hydrogen-bond acceptors (Lipinski definition) is 5. The lowest BCUT2D eigenvalue weighted by atomic mass is 10.0. The molecule has 0 spiro atoms. The van der Waals surface area contributed by atoms with Gasteiger partial charge < -0.3 is 19.3 Å². The molecule has 2 heterocycles. The molecule has 0 saturated carbocycles. The van der Waals surface area contributed by atoms with E-state index in [-0.39, 0.29) is 11.6 Å². The number of carboxylic acids is 1. The van der Waals surface area contributed by atoms with Crippen molar-refractivity contribution in [3.8, 4) is 17.3 Å². The monoisotopic (exact) mass is 354 g/mol. The second-order valence-corrected chi connectivity index (χ2v) is 6.44. The van der Waals surface area contributed by atoms with E-state index in [9.17, 15) is 9.90 Å². The van der Waals surface area contributed by atoms with E-state index in [0.717, 1.165) is 22.9 Å². The smallest absolute Gasteiger partial charge is 0.335 e. The zero-order chi connectivity index (χ0) is 18.8. The minimum Gasteiger partial charge on any atom is -0.496 e. The van der Waals surface area contributed by atoms with E-state index < -0.39 is 5.97 Å². The van der Waals surface area contributed by atoms with Gasteiger partial charge in [0, 0.05) is 11.8 Å². The Hall–Kier alpha value is -2.93. The maximum atomic E-state index is 11.2. The summed E-state index contributed by atoms with van der Waals surface area (Å²) < 4.78 is 7.46. The molecule has 0 radical (unpaired) electrons. The number of fused-ring (bicyclic) bond motifs is 1. The molecule has 0 bridgehead atoms. The standard InChI is InChI=1S/C19H22N4O3/c1-12(14-8-7-13(19(24)25)10-16(14)26-4)23-9-5-6-15-18(23)21-17(20-15)11-22(2)3/h5-10,12H,11H2,1-4H3,(H,24,25). The van der Waals surface area contributed by atoms with Gasteiger partial charge in [0.25, 0.3) is 0 Å². The van der Waals surface area contributed by atoms with Crippen LogP contribution in [-0.4, -0.2) is 51.7 Å². The van der Waals surface area contributed by atoms with Gasteiger partial charge in [-0.1, -0.05) is 6.07 Å². The minimum atomic E-state index is -0.979. The van der Waals surface area contributed by atoms with Crippen LogP contribution < -0.4 is 4.74 Å². The summed E-state index contributed by atoms with van der Waals surface area (Å²) in [5.41, 5.74) is 1.91. The summed E-state index contributed by atoms with van der Waals surface area (Å²) in [5, 5.41) is 9.18. The van der Waals surface area contributed by atoms with Crippen molar-refractivity contribution in [3.05, 3.63) is 53.5 Å². The molecule has 136 valence electrons. The van der Waals surface area contributed by atoms with Crippen molar-refractivity contribution in [1.29, 1.82) is 0 Å². The number of aromatic nitrogens is 3. The molecule has 2 aliphatic rings. The van der Waals surface area contributed by atoms with Gasteiger partial charge in [-0.05, 0) is 45.3 Å². The predicted molar refractivity (Wildman–Crippen MR) is 97.8 cm³/mol. The van der Waals surface area contributed by atoms with Gasteiger partial charge in [0.1, 0.15) is 17.3 Å². The zero-order valence-electron chi connectivity index (χ0n) is 15.3. The molecule has 3 rings (SSSR count). The number of pyridine rings is 1. The first-order valence-corrected chi connectivity index (χ1v) is 8.30. The Morgan fingerprint density at radius 1 is 1.31 bits per heavy atom. The van der Waals surface area contributed by atoms with Crippen molar-refractivity contribution in [2.45, 2.75) is 19.5 Å². The lowest BCUT2D eigenvalue weighted by Crippen LogP contribution is -2.13. The highest BCUT2D eigenvalue weighted by atomic mass is 16.5. The largest absolute Gasteiger partial charge is 0.496 e. The van der Waals surface area contributed by atoms with E-state index in [2.05, 4.69) is 9.97 Å². The van der Waals surface area contributed by atoms with E-state index in [0.29, 0.717) is 12.3 Å². The van der Waals surface area contributed by atoms with Crippen molar-refractivity contribution in [1.82, 2.24) is 19.4 Å². The van der Waals surface area contributed by atoms with Crippen molar-refractivity contribution in [2.75, 3.05) is 21.2 Å². The first-order chi connectivity index (χ1) is 12.4. The first kappa shape index (κ1) is 17.9. The number of carbonyl (C=O) groups is 1. The minimum absolute atomic E-state index is 0.0969. The van der Waals surface area contributed by atoms with Crippen molar-refractivity contribution in [2.24, 2.45) is 0 Å². The van der Waals surface area contributed by atoms with E-state index >= 15 is 0 Å². The summed E-state index contributed by atoms with van der Waals surface area (Å²) in [6, 6.07) is 8.70. The molecular formula is C19H22N4O3. The van der Waals surface area contributed by atoms with Crippen LogP contribution in [0.5, 0.6) is 5.75 Å². The molecule has 26 heavy (non-hydrogen) atoms. The van der Waals surface area contributed by atoms with Crippen LogP contribution in [0.1, 0.15) is 34.7 Å². The fourth-order valence-electron chi connectivity index (χ4n) is 3.00. The van der Waals surface area contributed by atoms with E-state index in [1.165, 1.54) is 0 Å². The van der Waals surface area contributed by atoms with E-state index in [4.69, 9.17) is 4.74 Å². The van der Waals surface area contributed by atoms with Crippen molar-refractivity contribution in [3.63, 3.8) is 0 Å². The normalized spacial score (nSPS) is 12.5. The van der Waals surface area contributed by atoms with Gasteiger partial charge in [-0.25, -0.2) is 14.8 Å². The Kier molecular flexibility index (Phi) is 4.90. The number of methoxy groups -OCH3 is 1. The quantitative estimate of drug-likeness (QED) is 0.733. The number of ether oxygens (including phenoxy) is 1. The maximum Gasteiger partial charge on any atom is 0.335 e. The summed E-state index contributed by atoms with van der Waals surface area (Å²) in [5.74, 6) is 1.12. The van der Waals surface area contributed by atoms with Crippen LogP contribution >= 0.6 is 0 Å². The molecule has 1 unspecified atom stereocenters. The second-order valence-electron chi connectivity index (χ2n) is 6.44. The lowest BCUT2D eigenvalue weighted by molar-refractivity contribution is 0.0696. The van der Waals surface area contributed by atoms with Gasteiger partial charge in [-0.2, -0.15) is 0 Å². The zero-order valence-corrected chi connectivity index (χ0v) is 15.3. The third kappa shape index (κ3) is 3.39. The summed E-state index contributed by atoms with van der Waals surface area (Å²) in [6.45, 7) is 2.69. The molecule has 0 aliphatic carbocycles. The first-order valence-electron chi connectivity index (χ1n) is 8.30. The molecule has 7 heteroatoms. The number of imidazole rings is 1. The molecule has 1 atom stereocenters. The number of carboxylic acid groups (broad SMARTS) is 1. The Balaban J connectivity index is 2.04. The highest BCUT2D eigenvalue weighted by molar-refractivity contribution is 5.88. The summed E-state index contributed by atoms with van der Waals surface area (Å²) >= 11 is 0. The summed E-state index contributed by atoms with van der Waals surface area (Å²) in [4.78, 5) is 22.5. The van der Waals surface area contributed by atoms with Crippen LogP contribution in [0.4, 0.5) is 0 Å². The van der Waals surface area contributed by atoms with E-state index in [1.807, 2.05) is 48.8 Å². The number of nitrogens with zero attached hydrogens (tertiary/aromatic N) is 4. The van der Waals surface area contributed by atoms with Crippen molar-refractivity contribution < 1.29 is 14.6 Å². The average Bonchev–Trinajstić information content (AvgIpc) is 3.01. The Morgan fingerprint density at radius 3 is 2.73 bits per heavy atom. The van der Waals surface area contributed by atoms with E-state index in [1.54, 1.807) is 25.3 Å². The Bertz CT molecular complexity index is 904. The Labute approximate surface area is 152 Å². The fourth-order valence-corrected chi connectivity index (χ4v) is 3.00. The highest BCUT2D eigenvalue weighted by Crippen LogP contribution is 2.32. The van der Waals surface area contributed by atoms with Crippen LogP contribution in [0.3, 0.4) is 0 Å². The lowest BCUT2D eigenvalue weighted by Gasteiger charge is -2.21. The summed E-state index contributed by atoms with van der Waals surface area (Å²) in [6.07, 6.45) is 1.95. The van der Waals surface area contributed by atoms with Gasteiger partial charge in [0.2, 0.25) is 0 Å². The third-order valence-corrected chi connectivity index (χ3v) is 4.26. The maximum absolute atomic E-state index is 11.2. The highest BCUT2D eigenvalue weighted by Gasteiger charge is 2.21. The van der Waals surface area contributed by atoms with Crippen LogP contribution in [-0.2, 0) is 6.54 Å². The van der Waals surface area contributed by atoms with Gasteiger partial charge in [-0.3, -0.25) is 0 Å². The van der Waals surface area contributed by atoms with Gasteiger partial charge >= 0.3 is 5.97 Å². The number of rotatable bonds is 6. The fraction of sp³-hybridized carbons (Fsp3) is 0.316. The molecular weight excluding hydrogens is 332 g/mol. The SMILES string of the molecule is COc1cc(C(=O)O)ccc1C(C)n1cccc2nc(CN(C)C)nc1-2. The summed E-state index contributed by atoms with van der Waals surface area (Å²) in [7, 11) is 5.50. The predicted octanol–water partition coefficient (Wildman–Crippen LogP) is 2.76. The number of benzene rings is 1. The van der Waals surface area contributed by atoms with Crippen LogP contribution in [0, 0.1) is 0 Å². The van der Waals surface area contributed by atoms with Crippen molar-refractivity contribution >= 4 is 5.97 Å². The molecule has 0 fully saturated rings. The Morgan fingerprint density at radius 2 is 2.08 bits per heavy atom. The molecule has 0 saturated heterocycles. The number of aromatic carboxylic acids is 1. The molecule has 1 N–H and O–H groups in total. The number of hydrogen-bond donors (Lipinski definition) is 1. The molecule has 2 aliphatic heterocycles. The molecule has 1 aromatic carbocycles. The topological polar surface area (TPSA) is 80.5 Å². The van der Waals surface area contributed by atoms with Crippen LogP contribution in [0.25, 0.3) is 11.5 Å². The van der Waals surface area contributed by atoms with Gasteiger partial charge in [-0.15, -0.1) is 0 Å². The van der Waals surface area contributed by atoms with Crippen LogP contribution in [0.2, 0.25) is 0 Å². The third-order valence-electron chi connectivity index (χ3n) is 4.26. The average molecular weight is 354 g/mol. The van der Waals surface area contributed by atoms with Gasteiger partial charge in [0.15, 0.2) is 5.82 Å². The molecule has 0 amide bonds. The molecule has 7 nitrogen and oxygen atoms in total. The second kappa shape index (κ2) is 7.13. The van der Waals surface area contributed by atoms with Crippen LogP contribution in [0.15, 0.2) is 36.5 Å². The molecule has 0 aromatic heterocycles.